The highest BCUT2D eigenvalue weighted by molar-refractivity contribution is 5.03. The summed E-state index contributed by atoms with van der Waals surface area (Å²) in [7, 11) is 0. The summed E-state index contributed by atoms with van der Waals surface area (Å²) in [5, 5.41) is 10.0. The van der Waals surface area contributed by atoms with Gasteiger partial charge in [-0.15, -0.1) is 0 Å². The number of hydrogen-bond acceptors (Lipinski definition) is 2. The molecule has 0 aromatic heterocycles. The first-order valence-electron chi connectivity index (χ1n) is 5.47. The fraction of sp³-hybridized carbons (Fsp3) is 0.833. The van der Waals surface area contributed by atoms with E-state index in [2.05, 4.69) is 6.58 Å². The molecule has 0 aromatic rings. The number of hydrogen-bond donors (Lipinski definition) is 1. The molecule has 2 heteroatoms. The third-order valence-electron chi connectivity index (χ3n) is 3.37. The first-order valence-corrected chi connectivity index (χ1v) is 5.47. The Balaban J connectivity index is 2.59. The van der Waals surface area contributed by atoms with Crippen LogP contribution in [0.5, 0.6) is 0 Å². The van der Waals surface area contributed by atoms with Crippen LogP contribution < -0.4 is 0 Å². The second-order valence-electron chi connectivity index (χ2n) is 4.58. The van der Waals surface area contributed by atoms with E-state index in [1.54, 1.807) is 0 Å². The van der Waals surface area contributed by atoms with Crippen LogP contribution in [0.3, 0.4) is 0 Å². The zero-order chi connectivity index (χ0) is 10.8. The third-order valence-corrected chi connectivity index (χ3v) is 3.37. The van der Waals surface area contributed by atoms with Crippen molar-refractivity contribution in [2.75, 3.05) is 6.61 Å². The second-order valence-corrected chi connectivity index (χ2v) is 4.58. The van der Waals surface area contributed by atoms with E-state index in [1.165, 1.54) is 5.57 Å². The summed E-state index contributed by atoms with van der Waals surface area (Å²) < 4.78 is 5.63. The Labute approximate surface area is 87.0 Å². The van der Waals surface area contributed by atoms with Gasteiger partial charge in [0.1, 0.15) is 0 Å². The lowest BCUT2D eigenvalue weighted by Crippen LogP contribution is -2.46. The Morgan fingerprint density at radius 2 is 2.29 bits per heavy atom. The maximum Gasteiger partial charge on any atom is 0.0912 e. The van der Waals surface area contributed by atoms with Crippen molar-refractivity contribution in [3.8, 4) is 0 Å². The minimum Gasteiger partial charge on any atom is -0.390 e. The molecule has 0 aromatic carbocycles. The van der Waals surface area contributed by atoms with Crippen LogP contribution in [-0.2, 0) is 4.74 Å². The highest BCUT2D eigenvalue weighted by Gasteiger charge is 2.39. The van der Waals surface area contributed by atoms with E-state index in [-0.39, 0.29) is 11.7 Å². The Kier molecular flexibility index (Phi) is 3.73. The van der Waals surface area contributed by atoms with Gasteiger partial charge in [-0.2, -0.15) is 0 Å². The highest BCUT2D eigenvalue weighted by atomic mass is 16.5. The monoisotopic (exact) mass is 198 g/mol. The van der Waals surface area contributed by atoms with Crippen molar-refractivity contribution in [1.82, 2.24) is 0 Å². The lowest BCUT2D eigenvalue weighted by molar-refractivity contribution is -0.135. The van der Waals surface area contributed by atoms with Crippen LogP contribution in [0.4, 0.5) is 0 Å². The van der Waals surface area contributed by atoms with Gasteiger partial charge in [0.25, 0.3) is 0 Å². The molecule has 1 fully saturated rings. The summed E-state index contributed by atoms with van der Waals surface area (Å²) in [6, 6.07) is 0. The maximum absolute atomic E-state index is 10.0. The van der Waals surface area contributed by atoms with E-state index in [9.17, 15) is 5.11 Å². The van der Waals surface area contributed by atoms with Crippen LogP contribution in [0.15, 0.2) is 12.2 Å². The summed E-state index contributed by atoms with van der Waals surface area (Å²) in [6.45, 7) is 10.7. The first-order chi connectivity index (χ1) is 6.49. The van der Waals surface area contributed by atoms with Crippen LogP contribution in [0.2, 0.25) is 0 Å². The molecule has 2 nitrogen and oxygen atoms in total. The summed E-state index contributed by atoms with van der Waals surface area (Å²) >= 11 is 0. The Morgan fingerprint density at radius 1 is 1.64 bits per heavy atom. The molecule has 14 heavy (non-hydrogen) atoms. The summed E-state index contributed by atoms with van der Waals surface area (Å²) in [6.07, 6.45) is 2.46. The quantitative estimate of drug-likeness (QED) is 0.706. The number of ether oxygens (including phenoxy) is 1. The predicted octanol–water partition coefficient (Wildman–Crippen LogP) is 2.52. The smallest absolute Gasteiger partial charge is 0.0912 e. The topological polar surface area (TPSA) is 29.5 Å². The fourth-order valence-corrected chi connectivity index (χ4v) is 2.21. The lowest BCUT2D eigenvalue weighted by Gasteiger charge is -2.41. The molecule has 0 bridgehead atoms. The van der Waals surface area contributed by atoms with Crippen molar-refractivity contribution in [3.63, 3.8) is 0 Å². The molecule has 1 N–H and O–H groups in total. The van der Waals surface area contributed by atoms with E-state index in [0.29, 0.717) is 12.5 Å². The van der Waals surface area contributed by atoms with E-state index in [4.69, 9.17) is 4.74 Å². The number of aliphatic hydroxyl groups is 1. The molecule has 0 radical (unpaired) electrons. The minimum absolute atomic E-state index is 0.333. The molecule has 1 saturated carbocycles. The molecule has 1 rings (SSSR count). The van der Waals surface area contributed by atoms with Gasteiger partial charge >= 0.3 is 0 Å². The lowest BCUT2D eigenvalue weighted by atomic mass is 9.75. The molecule has 1 aliphatic rings. The zero-order valence-electron chi connectivity index (χ0n) is 9.55. The van der Waals surface area contributed by atoms with Gasteiger partial charge in [0, 0.05) is 6.61 Å². The van der Waals surface area contributed by atoms with Crippen LogP contribution in [0.1, 0.15) is 40.0 Å². The standard InChI is InChI=1S/C12H22O2/c1-5-14-12(4)7-6-10(9(2)3)8-11(12)13/h10-11,13H,2,5-8H2,1,3-4H3/t10-,11+,12?/m1/s1. The Bertz CT molecular complexity index is 212. The molecule has 82 valence electrons. The summed E-state index contributed by atoms with van der Waals surface area (Å²) in [5.74, 6) is 0.471. The van der Waals surface area contributed by atoms with Crippen LogP contribution >= 0.6 is 0 Å². The van der Waals surface area contributed by atoms with E-state index in [1.807, 2.05) is 20.8 Å². The fourth-order valence-electron chi connectivity index (χ4n) is 2.21. The van der Waals surface area contributed by atoms with Crippen molar-refractivity contribution in [1.29, 1.82) is 0 Å². The molecule has 0 saturated heterocycles. The molecule has 1 aliphatic carbocycles. The molecule has 0 aliphatic heterocycles. The van der Waals surface area contributed by atoms with Gasteiger partial charge in [0.15, 0.2) is 0 Å². The average molecular weight is 198 g/mol. The molecule has 3 atom stereocenters. The number of rotatable bonds is 3. The SMILES string of the molecule is C=C(C)[C@@H]1CCC(C)(OCC)[C@@H](O)C1. The van der Waals surface area contributed by atoms with Gasteiger partial charge in [0.05, 0.1) is 11.7 Å². The van der Waals surface area contributed by atoms with Gasteiger partial charge in [-0.3, -0.25) is 0 Å². The first kappa shape index (κ1) is 11.7. The number of allylic oxidation sites excluding steroid dienone is 1. The van der Waals surface area contributed by atoms with Crippen molar-refractivity contribution in [2.24, 2.45) is 5.92 Å². The molecular weight excluding hydrogens is 176 g/mol. The third kappa shape index (κ3) is 2.37. The van der Waals surface area contributed by atoms with Crippen LogP contribution in [0, 0.1) is 5.92 Å². The number of aliphatic hydroxyl groups excluding tert-OH is 1. The second kappa shape index (κ2) is 4.45. The summed E-state index contributed by atoms with van der Waals surface area (Å²) in [4.78, 5) is 0. The van der Waals surface area contributed by atoms with Crippen molar-refractivity contribution >= 4 is 0 Å². The van der Waals surface area contributed by atoms with Gasteiger partial charge in [0.2, 0.25) is 0 Å². The van der Waals surface area contributed by atoms with Gasteiger partial charge < -0.3 is 9.84 Å². The van der Waals surface area contributed by atoms with Gasteiger partial charge in [-0.1, -0.05) is 12.2 Å². The van der Waals surface area contributed by atoms with E-state index >= 15 is 0 Å². The van der Waals surface area contributed by atoms with Crippen LogP contribution in [-0.4, -0.2) is 23.4 Å². The predicted molar refractivity (Wildman–Crippen MR) is 58.2 cm³/mol. The summed E-state index contributed by atoms with van der Waals surface area (Å²) in [5.41, 5.74) is 0.850. The van der Waals surface area contributed by atoms with Crippen molar-refractivity contribution in [3.05, 3.63) is 12.2 Å². The van der Waals surface area contributed by atoms with E-state index in [0.717, 1.165) is 19.3 Å². The van der Waals surface area contributed by atoms with Gasteiger partial charge in [-0.25, -0.2) is 0 Å². The molecular formula is C12H22O2. The van der Waals surface area contributed by atoms with E-state index < -0.39 is 0 Å². The normalized spacial score (nSPS) is 38.3. The largest absolute Gasteiger partial charge is 0.390 e. The average Bonchev–Trinajstić information content (AvgIpc) is 2.10. The van der Waals surface area contributed by atoms with Crippen molar-refractivity contribution < 1.29 is 9.84 Å². The van der Waals surface area contributed by atoms with Gasteiger partial charge in [-0.05, 0) is 46.0 Å². The van der Waals surface area contributed by atoms with Crippen molar-refractivity contribution in [2.45, 2.75) is 51.7 Å². The molecule has 1 unspecified atom stereocenters. The molecule has 0 heterocycles. The molecule has 0 amide bonds. The highest BCUT2D eigenvalue weighted by Crippen LogP contribution is 2.37. The maximum atomic E-state index is 10.0. The molecule has 0 spiro atoms. The minimum atomic E-state index is -0.349. The Morgan fingerprint density at radius 3 is 2.71 bits per heavy atom. The zero-order valence-corrected chi connectivity index (χ0v) is 9.55. The van der Waals surface area contributed by atoms with Crippen LogP contribution in [0.25, 0.3) is 0 Å². The Hall–Kier alpha value is -0.340.